The summed E-state index contributed by atoms with van der Waals surface area (Å²) in [5, 5.41) is 0.544. The molecule has 5 nitrogen and oxygen atoms in total. The lowest BCUT2D eigenvalue weighted by molar-refractivity contribution is 0.415. The molecule has 0 amide bonds. The minimum Gasteiger partial charge on any atom is -0.495 e. The van der Waals surface area contributed by atoms with E-state index in [2.05, 4.69) is 9.38 Å². The average molecular weight is 353 g/mol. The molecule has 25 heavy (non-hydrogen) atoms. The lowest BCUT2D eigenvalue weighted by atomic mass is 10.2. The first-order valence-electron chi connectivity index (χ1n) is 7.96. The number of aromatic nitrogens is 4. The van der Waals surface area contributed by atoms with Gasteiger partial charge in [0, 0.05) is 23.5 Å². The first kappa shape index (κ1) is 15.8. The molecule has 0 unspecified atom stereocenters. The van der Waals surface area contributed by atoms with Gasteiger partial charge < -0.3 is 4.74 Å². The molecule has 4 rings (SSSR count). The van der Waals surface area contributed by atoms with Gasteiger partial charge in [0.05, 0.1) is 40.1 Å². The Bertz CT molecular complexity index is 1130. The molecule has 0 saturated heterocycles. The van der Waals surface area contributed by atoms with Crippen LogP contribution >= 0.6 is 11.6 Å². The van der Waals surface area contributed by atoms with Crippen molar-refractivity contribution in [3.63, 3.8) is 0 Å². The smallest absolute Gasteiger partial charge is 0.147 e. The van der Waals surface area contributed by atoms with Crippen LogP contribution in [0.1, 0.15) is 17.1 Å². The number of methoxy groups -OCH3 is 1. The summed E-state index contributed by atoms with van der Waals surface area (Å²) in [5.74, 6) is 1.45. The highest BCUT2D eigenvalue weighted by Crippen LogP contribution is 2.34. The molecule has 6 heteroatoms. The molecule has 4 aromatic rings. The third-order valence-electron chi connectivity index (χ3n) is 4.42. The fraction of sp³-hybridized carbons (Fsp3) is 0.211. The van der Waals surface area contributed by atoms with Crippen molar-refractivity contribution in [2.24, 2.45) is 0 Å². The van der Waals surface area contributed by atoms with E-state index in [0.717, 1.165) is 45.0 Å². The maximum absolute atomic E-state index is 6.38. The van der Waals surface area contributed by atoms with Crippen LogP contribution in [-0.4, -0.2) is 26.5 Å². The van der Waals surface area contributed by atoms with Gasteiger partial charge in [-0.2, -0.15) is 0 Å². The van der Waals surface area contributed by atoms with Crippen LogP contribution in [-0.2, 0) is 0 Å². The first-order valence-corrected chi connectivity index (χ1v) is 8.34. The molecule has 0 aliphatic heterocycles. The van der Waals surface area contributed by atoms with Crippen LogP contribution in [0.15, 0.2) is 30.5 Å². The van der Waals surface area contributed by atoms with Gasteiger partial charge in [-0.25, -0.2) is 9.97 Å². The van der Waals surface area contributed by atoms with Gasteiger partial charge in [0.1, 0.15) is 11.6 Å². The molecule has 0 aliphatic rings. The summed E-state index contributed by atoms with van der Waals surface area (Å²) >= 11 is 6.38. The van der Waals surface area contributed by atoms with Gasteiger partial charge in [0.2, 0.25) is 0 Å². The van der Waals surface area contributed by atoms with Crippen molar-refractivity contribution in [1.29, 1.82) is 0 Å². The Labute approximate surface area is 150 Å². The zero-order valence-corrected chi connectivity index (χ0v) is 15.2. The molecule has 0 saturated carbocycles. The second-order valence-electron chi connectivity index (χ2n) is 6.01. The van der Waals surface area contributed by atoms with Crippen molar-refractivity contribution in [3.05, 3.63) is 52.6 Å². The third kappa shape index (κ3) is 2.35. The van der Waals surface area contributed by atoms with Gasteiger partial charge in [-0.05, 0) is 39.0 Å². The van der Waals surface area contributed by atoms with Gasteiger partial charge in [-0.3, -0.25) is 9.38 Å². The molecule has 126 valence electrons. The number of halogens is 1. The van der Waals surface area contributed by atoms with Gasteiger partial charge in [-0.15, -0.1) is 0 Å². The van der Waals surface area contributed by atoms with Crippen molar-refractivity contribution < 1.29 is 4.74 Å². The molecule has 3 heterocycles. The molecular formula is C19H17ClN4O. The van der Waals surface area contributed by atoms with Crippen molar-refractivity contribution in [2.45, 2.75) is 20.8 Å². The lowest BCUT2D eigenvalue weighted by Crippen LogP contribution is -1.99. The lowest BCUT2D eigenvalue weighted by Gasteiger charge is -2.11. The van der Waals surface area contributed by atoms with Gasteiger partial charge in [-0.1, -0.05) is 11.6 Å². The maximum atomic E-state index is 6.38. The largest absolute Gasteiger partial charge is 0.495 e. The van der Waals surface area contributed by atoms with Crippen LogP contribution < -0.4 is 4.74 Å². The van der Waals surface area contributed by atoms with Crippen LogP contribution in [0, 0.1) is 20.8 Å². The summed E-state index contributed by atoms with van der Waals surface area (Å²) in [5.41, 5.74) is 6.46. The number of rotatable bonds is 2. The molecule has 0 fully saturated rings. The average Bonchev–Trinajstić information content (AvgIpc) is 2.94. The minimum absolute atomic E-state index is 0.544. The Kier molecular flexibility index (Phi) is 3.62. The number of fused-ring (bicyclic) bond motifs is 3. The number of ether oxygens (including phenoxy) is 1. The Balaban J connectivity index is 2.20. The number of nitrogens with zero attached hydrogens (tertiary/aromatic N) is 4. The summed E-state index contributed by atoms with van der Waals surface area (Å²) in [6, 6.07) is 7.69. The molecule has 0 atom stereocenters. The highest BCUT2D eigenvalue weighted by molar-refractivity contribution is 6.32. The van der Waals surface area contributed by atoms with E-state index in [-0.39, 0.29) is 0 Å². The summed E-state index contributed by atoms with van der Waals surface area (Å²) in [7, 11) is 1.60. The second kappa shape index (κ2) is 5.70. The highest BCUT2D eigenvalue weighted by Gasteiger charge is 2.18. The van der Waals surface area contributed by atoms with Crippen molar-refractivity contribution in [3.8, 4) is 17.1 Å². The van der Waals surface area contributed by atoms with Crippen LogP contribution in [0.25, 0.3) is 27.9 Å². The number of aryl methyl sites for hydroxylation is 3. The number of pyridine rings is 1. The standard InChI is InChI=1S/C19H17ClN4O/c1-10-13(6-5-7-21-10)19-23-12(3)18-11(2)22-15-9-17(25-4)14(20)8-16(15)24(18)19/h5-9H,1-4H3. The van der Waals surface area contributed by atoms with E-state index < -0.39 is 0 Å². The van der Waals surface area contributed by atoms with Crippen molar-refractivity contribution in [2.75, 3.05) is 7.11 Å². The normalized spacial score (nSPS) is 11.4. The molecule has 0 radical (unpaired) electrons. The van der Waals surface area contributed by atoms with E-state index >= 15 is 0 Å². The topological polar surface area (TPSA) is 52.3 Å². The van der Waals surface area contributed by atoms with Crippen LogP contribution in [0.2, 0.25) is 5.02 Å². The molecule has 0 aliphatic carbocycles. The van der Waals surface area contributed by atoms with Crippen molar-refractivity contribution in [1.82, 2.24) is 19.4 Å². The molecule has 1 aromatic carbocycles. The molecule has 0 N–H and O–H groups in total. The van der Waals surface area contributed by atoms with E-state index in [0.29, 0.717) is 10.8 Å². The fourth-order valence-corrected chi connectivity index (χ4v) is 3.51. The third-order valence-corrected chi connectivity index (χ3v) is 4.72. The monoisotopic (exact) mass is 352 g/mol. The highest BCUT2D eigenvalue weighted by atomic mass is 35.5. The van der Waals surface area contributed by atoms with Crippen molar-refractivity contribution >= 4 is 28.2 Å². The second-order valence-corrected chi connectivity index (χ2v) is 6.42. The molecular weight excluding hydrogens is 336 g/mol. The number of imidazole rings is 1. The zero-order chi connectivity index (χ0) is 17.7. The van der Waals surface area contributed by atoms with Gasteiger partial charge >= 0.3 is 0 Å². The Morgan fingerprint density at radius 2 is 1.80 bits per heavy atom. The van der Waals surface area contributed by atoms with Crippen LogP contribution in [0.3, 0.4) is 0 Å². The Hall–Kier alpha value is -2.66. The van der Waals surface area contributed by atoms with Crippen LogP contribution in [0.4, 0.5) is 0 Å². The number of hydrogen-bond donors (Lipinski definition) is 0. The van der Waals surface area contributed by atoms with Gasteiger partial charge in [0.15, 0.2) is 0 Å². The molecule has 0 spiro atoms. The fourth-order valence-electron chi connectivity index (χ4n) is 3.28. The Morgan fingerprint density at radius 1 is 1.04 bits per heavy atom. The number of hydrogen-bond acceptors (Lipinski definition) is 4. The van der Waals surface area contributed by atoms with Gasteiger partial charge in [0.25, 0.3) is 0 Å². The SMILES string of the molecule is COc1cc2nc(C)c3c(C)nc(-c4cccnc4C)n3c2cc1Cl. The zero-order valence-electron chi connectivity index (χ0n) is 14.5. The Morgan fingerprint density at radius 3 is 2.52 bits per heavy atom. The summed E-state index contributed by atoms with van der Waals surface area (Å²) in [4.78, 5) is 13.9. The minimum atomic E-state index is 0.544. The van der Waals surface area contributed by atoms with E-state index in [1.54, 1.807) is 13.3 Å². The van der Waals surface area contributed by atoms with E-state index in [1.165, 1.54) is 0 Å². The number of benzene rings is 1. The maximum Gasteiger partial charge on any atom is 0.147 e. The van der Waals surface area contributed by atoms with E-state index in [9.17, 15) is 0 Å². The van der Waals surface area contributed by atoms with E-state index in [1.807, 2.05) is 45.0 Å². The summed E-state index contributed by atoms with van der Waals surface area (Å²) in [6.07, 6.45) is 1.79. The summed E-state index contributed by atoms with van der Waals surface area (Å²) < 4.78 is 7.45. The molecule has 0 bridgehead atoms. The first-order chi connectivity index (χ1) is 12.0. The van der Waals surface area contributed by atoms with E-state index in [4.69, 9.17) is 26.3 Å². The quantitative estimate of drug-likeness (QED) is 0.531. The summed E-state index contributed by atoms with van der Waals surface area (Å²) in [6.45, 7) is 5.97. The molecule has 3 aromatic heterocycles. The van der Waals surface area contributed by atoms with Crippen LogP contribution in [0.5, 0.6) is 5.75 Å². The predicted molar refractivity (Wildman–Crippen MR) is 99.5 cm³/mol. The predicted octanol–water partition coefficient (Wildman–Crippen LogP) is 4.53.